The lowest BCUT2D eigenvalue weighted by Gasteiger charge is -2.22. The van der Waals surface area contributed by atoms with Crippen molar-refractivity contribution in [3.63, 3.8) is 0 Å². The summed E-state index contributed by atoms with van der Waals surface area (Å²) < 4.78 is 13.5. The van der Waals surface area contributed by atoms with Crippen molar-refractivity contribution >= 4 is 11.3 Å². The largest absolute Gasteiger partial charge is 0.386 e. The minimum absolute atomic E-state index is 0.0711. The molecule has 2 rings (SSSR count). The molecule has 2 atom stereocenters. The lowest BCUT2D eigenvalue weighted by Crippen LogP contribution is -2.33. The van der Waals surface area contributed by atoms with E-state index in [1.54, 1.807) is 12.1 Å². The fourth-order valence-corrected chi connectivity index (χ4v) is 2.79. The minimum atomic E-state index is -0.545. The van der Waals surface area contributed by atoms with Gasteiger partial charge in [-0.3, -0.25) is 0 Å². The van der Waals surface area contributed by atoms with Gasteiger partial charge in [-0.15, -0.1) is 11.3 Å². The molecule has 0 fully saturated rings. The minimum Gasteiger partial charge on any atom is -0.386 e. The van der Waals surface area contributed by atoms with Gasteiger partial charge in [-0.1, -0.05) is 31.2 Å². The number of hydrogen-bond donors (Lipinski definition) is 2. The van der Waals surface area contributed by atoms with Crippen LogP contribution in [0.25, 0.3) is 0 Å². The SMILES string of the molecule is CCC(NCc1ccccc1F)C(O)c1cccs1. The zero-order valence-electron chi connectivity index (χ0n) is 10.8. The van der Waals surface area contributed by atoms with Gasteiger partial charge in [-0.25, -0.2) is 4.39 Å². The quantitative estimate of drug-likeness (QED) is 0.848. The molecule has 2 aromatic rings. The number of aliphatic hydroxyl groups excluding tert-OH is 1. The standard InChI is InChI=1S/C15H18FNOS/c1-2-13(15(18)14-8-5-9-19-14)17-10-11-6-3-4-7-12(11)16/h3-9,13,15,17-18H,2,10H2,1H3. The highest BCUT2D eigenvalue weighted by atomic mass is 32.1. The number of nitrogens with one attached hydrogen (secondary N) is 1. The molecule has 0 amide bonds. The van der Waals surface area contributed by atoms with Gasteiger partial charge in [-0.05, 0) is 23.9 Å². The summed E-state index contributed by atoms with van der Waals surface area (Å²) in [6, 6.07) is 10.5. The van der Waals surface area contributed by atoms with Crippen LogP contribution in [-0.2, 0) is 6.54 Å². The van der Waals surface area contributed by atoms with E-state index in [4.69, 9.17) is 0 Å². The summed E-state index contributed by atoms with van der Waals surface area (Å²) in [5, 5.41) is 15.4. The Balaban J connectivity index is 1.98. The van der Waals surface area contributed by atoms with Crippen molar-refractivity contribution in [3.05, 3.63) is 58.0 Å². The van der Waals surface area contributed by atoms with E-state index in [0.717, 1.165) is 11.3 Å². The predicted octanol–water partition coefficient (Wildman–Crippen LogP) is 3.49. The van der Waals surface area contributed by atoms with Gasteiger partial charge >= 0.3 is 0 Å². The van der Waals surface area contributed by atoms with Crippen LogP contribution >= 0.6 is 11.3 Å². The second kappa shape index (κ2) is 6.80. The Morgan fingerprint density at radius 2 is 2.05 bits per heavy atom. The first kappa shape index (κ1) is 14.2. The van der Waals surface area contributed by atoms with Crippen LogP contribution in [-0.4, -0.2) is 11.1 Å². The Morgan fingerprint density at radius 3 is 2.68 bits per heavy atom. The maximum Gasteiger partial charge on any atom is 0.127 e. The molecule has 2 unspecified atom stereocenters. The molecular formula is C15H18FNOS. The van der Waals surface area contributed by atoms with Crippen LogP contribution < -0.4 is 5.32 Å². The monoisotopic (exact) mass is 279 g/mol. The van der Waals surface area contributed by atoms with Crippen molar-refractivity contribution in [2.75, 3.05) is 0 Å². The average Bonchev–Trinajstić information content (AvgIpc) is 2.95. The fraction of sp³-hybridized carbons (Fsp3) is 0.333. The van der Waals surface area contributed by atoms with E-state index in [9.17, 15) is 9.50 Å². The van der Waals surface area contributed by atoms with Gasteiger partial charge < -0.3 is 10.4 Å². The van der Waals surface area contributed by atoms with Crippen molar-refractivity contribution in [1.82, 2.24) is 5.32 Å². The number of thiophene rings is 1. The predicted molar refractivity (Wildman–Crippen MR) is 76.6 cm³/mol. The summed E-state index contributed by atoms with van der Waals surface area (Å²) in [7, 11) is 0. The molecule has 0 spiro atoms. The topological polar surface area (TPSA) is 32.3 Å². The van der Waals surface area contributed by atoms with Crippen molar-refractivity contribution < 1.29 is 9.50 Å². The summed E-state index contributed by atoms with van der Waals surface area (Å²) in [4.78, 5) is 0.938. The summed E-state index contributed by atoms with van der Waals surface area (Å²) >= 11 is 1.54. The van der Waals surface area contributed by atoms with Crippen LogP contribution in [0.3, 0.4) is 0 Å². The average molecular weight is 279 g/mol. The van der Waals surface area contributed by atoms with Crippen LogP contribution in [0.4, 0.5) is 4.39 Å². The third-order valence-electron chi connectivity index (χ3n) is 3.17. The molecule has 1 heterocycles. The molecule has 2 N–H and O–H groups in total. The normalized spacial score (nSPS) is 14.3. The molecule has 1 aromatic heterocycles. The number of halogens is 1. The Morgan fingerprint density at radius 1 is 1.26 bits per heavy atom. The second-order valence-electron chi connectivity index (χ2n) is 4.45. The van der Waals surface area contributed by atoms with Gasteiger partial charge in [0.05, 0.1) is 0 Å². The van der Waals surface area contributed by atoms with E-state index in [2.05, 4.69) is 5.32 Å². The van der Waals surface area contributed by atoms with Gasteiger partial charge in [0.15, 0.2) is 0 Å². The highest BCUT2D eigenvalue weighted by Crippen LogP contribution is 2.23. The summed E-state index contributed by atoms with van der Waals surface area (Å²) in [6.07, 6.45) is 0.241. The third kappa shape index (κ3) is 3.62. The highest BCUT2D eigenvalue weighted by molar-refractivity contribution is 7.10. The molecule has 2 nitrogen and oxygen atoms in total. The first-order valence-electron chi connectivity index (χ1n) is 6.40. The van der Waals surface area contributed by atoms with E-state index in [1.807, 2.05) is 30.5 Å². The zero-order valence-corrected chi connectivity index (χ0v) is 11.7. The Labute approximate surface area is 116 Å². The van der Waals surface area contributed by atoms with Crippen molar-refractivity contribution in [2.24, 2.45) is 0 Å². The van der Waals surface area contributed by atoms with E-state index in [0.29, 0.717) is 12.1 Å². The molecule has 19 heavy (non-hydrogen) atoms. The van der Waals surface area contributed by atoms with Crippen LogP contribution in [0.2, 0.25) is 0 Å². The van der Waals surface area contributed by atoms with Gasteiger partial charge in [0.25, 0.3) is 0 Å². The molecule has 0 aliphatic carbocycles. The van der Waals surface area contributed by atoms with Gasteiger partial charge in [0.1, 0.15) is 11.9 Å². The van der Waals surface area contributed by atoms with E-state index in [-0.39, 0.29) is 11.9 Å². The fourth-order valence-electron chi connectivity index (χ4n) is 2.02. The maximum atomic E-state index is 13.5. The van der Waals surface area contributed by atoms with Crippen molar-refractivity contribution in [2.45, 2.75) is 32.0 Å². The van der Waals surface area contributed by atoms with Gasteiger partial charge in [0.2, 0.25) is 0 Å². The smallest absolute Gasteiger partial charge is 0.127 e. The summed E-state index contributed by atoms with van der Waals surface area (Å²) in [6.45, 7) is 2.43. The van der Waals surface area contributed by atoms with E-state index >= 15 is 0 Å². The number of benzene rings is 1. The Hall–Kier alpha value is -1.23. The van der Waals surface area contributed by atoms with E-state index in [1.165, 1.54) is 17.4 Å². The van der Waals surface area contributed by atoms with Crippen molar-refractivity contribution in [1.29, 1.82) is 0 Å². The number of rotatable bonds is 6. The zero-order chi connectivity index (χ0) is 13.7. The highest BCUT2D eigenvalue weighted by Gasteiger charge is 2.19. The molecule has 0 radical (unpaired) electrons. The number of hydrogen-bond acceptors (Lipinski definition) is 3. The molecule has 102 valence electrons. The lowest BCUT2D eigenvalue weighted by molar-refractivity contribution is 0.128. The second-order valence-corrected chi connectivity index (χ2v) is 5.43. The molecule has 0 aliphatic rings. The number of aliphatic hydroxyl groups is 1. The van der Waals surface area contributed by atoms with Gasteiger partial charge in [-0.2, -0.15) is 0 Å². The summed E-state index contributed by atoms with van der Waals surface area (Å²) in [5.74, 6) is -0.213. The first-order chi connectivity index (χ1) is 9.22. The molecule has 4 heteroatoms. The Kier molecular flexibility index (Phi) is 5.07. The molecule has 0 bridgehead atoms. The lowest BCUT2D eigenvalue weighted by atomic mass is 10.1. The summed E-state index contributed by atoms with van der Waals surface area (Å²) in [5.41, 5.74) is 0.624. The van der Waals surface area contributed by atoms with Crippen LogP contribution in [0.15, 0.2) is 41.8 Å². The van der Waals surface area contributed by atoms with Crippen molar-refractivity contribution in [3.8, 4) is 0 Å². The van der Waals surface area contributed by atoms with E-state index < -0.39 is 6.10 Å². The molecule has 0 aliphatic heterocycles. The maximum absolute atomic E-state index is 13.5. The third-order valence-corrected chi connectivity index (χ3v) is 4.11. The van der Waals surface area contributed by atoms with Crippen LogP contribution in [0, 0.1) is 5.82 Å². The van der Waals surface area contributed by atoms with Crippen LogP contribution in [0.5, 0.6) is 0 Å². The van der Waals surface area contributed by atoms with Gasteiger partial charge in [0, 0.05) is 23.0 Å². The molecular weight excluding hydrogens is 261 g/mol. The first-order valence-corrected chi connectivity index (χ1v) is 7.28. The molecule has 0 saturated carbocycles. The molecule has 1 aromatic carbocycles. The molecule has 0 saturated heterocycles. The Bertz CT molecular complexity index is 501. The van der Waals surface area contributed by atoms with Crippen LogP contribution in [0.1, 0.15) is 29.9 Å².